The number of carbonyl (C=O) groups is 4. The molecule has 0 saturated carbocycles. The van der Waals surface area contributed by atoms with Gasteiger partial charge in [0.1, 0.15) is 6.67 Å². The molecule has 4 aliphatic rings. The number of hydrogen-bond acceptors (Lipinski definition) is 6. The fourth-order valence-electron chi connectivity index (χ4n) is 12.8. The van der Waals surface area contributed by atoms with Crippen LogP contribution in [0.5, 0.6) is 0 Å². The van der Waals surface area contributed by atoms with Gasteiger partial charge in [0.05, 0.1) is 67.2 Å². The van der Waals surface area contributed by atoms with E-state index in [1.807, 2.05) is 97.1 Å². The van der Waals surface area contributed by atoms with Gasteiger partial charge in [-0.1, -0.05) is 80.2 Å². The minimum atomic E-state index is 0. The summed E-state index contributed by atoms with van der Waals surface area (Å²) in [6, 6.07) is 65.4. The van der Waals surface area contributed by atoms with Gasteiger partial charge in [0, 0.05) is 126 Å². The molecule has 14 rings (SSSR count). The molecule has 0 N–H and O–H groups in total. The smallest absolute Gasteiger partial charge is 0.217 e. The van der Waals surface area contributed by atoms with Crippen LogP contribution < -0.4 is 29.0 Å². The Hall–Kier alpha value is -10.1. The first kappa shape index (κ1) is 61.1. The summed E-state index contributed by atoms with van der Waals surface area (Å²) in [5, 5.41) is 1.83. The predicted molar refractivity (Wildman–Crippen MR) is 349 cm³/mol. The molecular weight excluding hydrogens is 1200 g/mol. The molecule has 1 radical (unpaired) electrons. The Morgan fingerprint density at radius 1 is 0.363 bits per heavy atom. The van der Waals surface area contributed by atoms with Crippen LogP contribution in [0.2, 0.25) is 0 Å². The molecule has 0 spiro atoms. The molecule has 10 aromatic rings. The first-order valence-corrected chi connectivity index (χ1v) is 29.9. The zero-order chi connectivity index (χ0) is 60.9. The van der Waals surface area contributed by atoms with Crippen LogP contribution in [0.25, 0.3) is 22.3 Å². The van der Waals surface area contributed by atoms with Crippen LogP contribution in [0, 0.1) is 0 Å². The third-order valence-electron chi connectivity index (χ3n) is 17.1. The molecule has 91 heavy (non-hydrogen) atoms. The molecule has 0 aliphatic carbocycles. The van der Waals surface area contributed by atoms with Gasteiger partial charge in [-0.2, -0.15) is 18.3 Å². The van der Waals surface area contributed by atoms with Crippen molar-refractivity contribution < 1.29 is 70.2 Å². The van der Waals surface area contributed by atoms with Crippen molar-refractivity contribution in [3.63, 3.8) is 0 Å². The summed E-state index contributed by atoms with van der Waals surface area (Å²) in [6.45, 7) is 8.62. The van der Waals surface area contributed by atoms with Gasteiger partial charge in [-0.25, -0.2) is 9.98 Å². The third kappa shape index (κ3) is 11.9. The Morgan fingerprint density at radius 3 is 0.978 bits per heavy atom. The van der Waals surface area contributed by atoms with Crippen LogP contribution in [0.3, 0.4) is 0 Å². The molecule has 10 heterocycles. The van der Waals surface area contributed by atoms with Crippen molar-refractivity contribution in [3.8, 4) is 0 Å². The van der Waals surface area contributed by atoms with E-state index in [9.17, 15) is 19.2 Å². The van der Waals surface area contributed by atoms with Crippen LogP contribution in [-0.4, -0.2) is 43.7 Å². The number of rotatable bonds is 16. The maximum absolute atomic E-state index is 12.8. The largest absolute Gasteiger partial charge is 0.321 e. The minimum Gasteiger partial charge on any atom is -0.321 e. The second-order valence-electron chi connectivity index (χ2n) is 23.0. The molecule has 0 amide bonds. The molecule has 4 aromatic carbocycles. The first-order valence-electron chi connectivity index (χ1n) is 29.9. The topological polar surface area (TPSA) is 118 Å². The molecule has 6 bridgehead atoms. The van der Waals surface area contributed by atoms with E-state index in [4.69, 9.17) is 9.98 Å². The summed E-state index contributed by atoms with van der Waals surface area (Å²) in [7, 11) is 0. The van der Waals surface area contributed by atoms with Crippen LogP contribution in [0.4, 0.5) is 0 Å². The molecule has 441 valence electrons. The van der Waals surface area contributed by atoms with Crippen molar-refractivity contribution in [3.05, 3.63) is 344 Å². The molecule has 12 nitrogen and oxygen atoms in total. The van der Waals surface area contributed by atoms with Crippen LogP contribution in [0.15, 0.2) is 265 Å². The van der Waals surface area contributed by atoms with Gasteiger partial charge in [-0.05, 0) is 125 Å². The molecule has 0 fully saturated rings. The maximum Gasteiger partial charge on any atom is 0.217 e. The van der Waals surface area contributed by atoms with Crippen LogP contribution >= 0.6 is 0 Å². The van der Waals surface area contributed by atoms with E-state index in [1.165, 1.54) is 0 Å². The van der Waals surface area contributed by atoms with E-state index in [0.29, 0.717) is 55.1 Å². The minimum absolute atomic E-state index is 0. The van der Waals surface area contributed by atoms with Gasteiger partial charge >= 0.3 is 0 Å². The van der Waals surface area contributed by atoms with Crippen molar-refractivity contribution in [1.29, 1.82) is 0 Å². The molecule has 4 aliphatic heterocycles. The third-order valence-corrected chi connectivity index (χ3v) is 17.1. The maximum atomic E-state index is 12.8. The number of benzene rings is 4. The number of hydrogen-bond donors (Lipinski definition) is 0. The van der Waals surface area contributed by atoms with Crippen molar-refractivity contribution in [2.45, 2.75) is 68.0 Å². The number of Topliss-reactive ketones (excluding diaryl/α,β-unsaturated/α-hetero) is 4. The zero-order valence-electron chi connectivity index (χ0n) is 50.4. The fourth-order valence-corrected chi connectivity index (χ4v) is 12.8. The summed E-state index contributed by atoms with van der Waals surface area (Å²) in [6.07, 6.45) is 16.9. The van der Waals surface area contributed by atoms with E-state index < -0.39 is 0 Å². The molecule has 13 heteroatoms. The second-order valence-corrected chi connectivity index (χ2v) is 23.0. The van der Waals surface area contributed by atoms with Gasteiger partial charge < -0.3 is 9.13 Å². The van der Waals surface area contributed by atoms with E-state index in [-0.39, 0.29) is 63.3 Å². The summed E-state index contributed by atoms with van der Waals surface area (Å²) in [4.78, 5) is 62.9. The first-order chi connectivity index (χ1) is 43.4. The van der Waals surface area contributed by atoms with E-state index in [1.54, 1.807) is 27.7 Å². The Morgan fingerprint density at radius 2 is 0.670 bits per heavy atom. The summed E-state index contributed by atoms with van der Waals surface area (Å²) >= 11 is 0. The molecule has 0 saturated heterocycles. The number of carbonyl (C=O) groups excluding carboxylic acids is 4. The van der Waals surface area contributed by atoms with Gasteiger partial charge in [0.15, 0.2) is 74.1 Å². The van der Waals surface area contributed by atoms with Crippen LogP contribution in [0.1, 0.15) is 133 Å². The number of pyridine rings is 4. The van der Waals surface area contributed by atoms with Gasteiger partial charge in [-0.3, -0.25) is 19.2 Å². The predicted octanol–water partition coefficient (Wildman–Crippen LogP) is 10.5. The van der Waals surface area contributed by atoms with Crippen LogP contribution in [-0.2, 0) is 65.6 Å². The Kier molecular flexibility index (Phi) is 17.3. The number of allylic oxidation sites excluding steroid dienone is 4. The molecule has 0 unspecified atom stereocenters. The van der Waals surface area contributed by atoms with E-state index >= 15 is 0 Å². The van der Waals surface area contributed by atoms with Crippen molar-refractivity contribution >= 4 is 56.8 Å². The summed E-state index contributed by atoms with van der Waals surface area (Å²) in [5.41, 5.74) is 18.7. The van der Waals surface area contributed by atoms with E-state index in [2.05, 4.69) is 174 Å². The quantitative estimate of drug-likeness (QED) is 0.0707. The monoisotopic (exact) mass is 1270 g/mol. The van der Waals surface area contributed by atoms with Gasteiger partial charge in [0.25, 0.3) is 0 Å². The number of aromatic nitrogens is 6. The summed E-state index contributed by atoms with van der Waals surface area (Å²) < 4.78 is 13.8. The number of nitrogens with zero attached hydrogens (tertiary/aromatic N) is 8. The van der Waals surface area contributed by atoms with Crippen molar-refractivity contribution in [2.24, 2.45) is 9.98 Å². The average Bonchev–Trinajstić information content (AvgIpc) is 1.60. The second kappa shape index (κ2) is 25.8. The van der Waals surface area contributed by atoms with Gasteiger partial charge in [0.2, 0.25) is 22.8 Å². The standard InChI is InChI=1S/C77H62N8O4.CH4.Y/c1-50(86)58-21-13-17-54(41-58)45-80-37-9-5-25-66(80)74-62-29-30-63(78-62)75(67-26-6-10-38-81(67)46-55-18-14-22-59(42-55)51(2)87)72-35-36-73-77(69-28-8-12-40-83(69)48-57-20-16-24-61(44-57)53(4)89)65-32-31-64(79-65)76(71-34-33-70(74)84(71)49-85(72)73)68-27-7-11-39-82(68)47-56-19-15-23-60(43-56)52(3)88;;/h5-44H,45-49H2,1-4H3;1H4;/q+4;;. The van der Waals surface area contributed by atoms with Gasteiger partial charge in [-0.15, -0.1) is 0 Å². The fraction of sp³-hybridized carbons (Fsp3) is 0.128. The van der Waals surface area contributed by atoms with Crippen molar-refractivity contribution in [2.75, 3.05) is 0 Å². The Labute approximate surface area is 554 Å². The molecule has 0 atom stereocenters. The SMILES string of the molecule is C.CC(=O)c1cccc(C[n+]2ccccc2C2=C3C=CC(=N3)C(c3cccc[n+]3Cc3cccc(C(C)=O)c3)=c3ccc4n3Cn3c2ccc3C(c2cccc[n+]2Cc2cccc(C(C)=O)c2)=C2C=CC(=N2)C=4c2cccc[n+]2Cc2cccc(C(C)=O)c2)c1.[Y]. The van der Waals surface area contributed by atoms with E-state index in [0.717, 1.165) is 112 Å². The normalized spacial score (nSPS) is 13.5. The zero-order valence-corrected chi connectivity index (χ0v) is 53.3. The Balaban J connectivity index is 0.00000400. The average molecular weight is 1270 g/mol. The number of ketones is 4. The van der Waals surface area contributed by atoms with Crippen molar-refractivity contribution in [1.82, 2.24) is 9.13 Å². The molecule has 6 aromatic heterocycles. The summed E-state index contributed by atoms with van der Waals surface area (Å²) in [5.74, 6) is 0.0138. The number of fused-ring (bicyclic) bond motifs is 2. The Bertz CT molecular complexity index is 4720. The number of aliphatic imine (C=N–C) groups is 2. The molecular formula is C78H66N8O4Y+4.